The van der Waals surface area contributed by atoms with Gasteiger partial charge in [0.25, 0.3) is 11.8 Å². The molecule has 3 rings (SSSR count). The highest BCUT2D eigenvalue weighted by Crippen LogP contribution is 2.23. The quantitative estimate of drug-likeness (QED) is 0.0536. The van der Waals surface area contributed by atoms with Crippen LogP contribution in [0.25, 0.3) is 0 Å². The molecule has 0 spiro atoms. The number of aliphatic hydroxyl groups is 5. The number of anilines is 1. The number of unbranched alkanes of at least 4 members (excludes halogenated alkanes) is 9. The van der Waals surface area contributed by atoms with Gasteiger partial charge in [0.1, 0.15) is 36.9 Å². The first-order chi connectivity index (χ1) is 25.6. The molecule has 2 aliphatic heterocycles. The monoisotopic (exact) mass is 758 g/mol. The topological polar surface area (TPSA) is 205 Å². The molecule has 0 aromatic heterocycles. The average Bonchev–Trinajstić information content (AvgIpc) is 3.65. The summed E-state index contributed by atoms with van der Waals surface area (Å²) >= 11 is 0. The molecule has 2 fully saturated rings. The number of hydrogen-bond donors (Lipinski definition) is 6. The van der Waals surface area contributed by atoms with Crippen molar-refractivity contribution >= 4 is 23.5 Å². The van der Waals surface area contributed by atoms with Gasteiger partial charge in [0.05, 0.1) is 38.7 Å². The van der Waals surface area contributed by atoms with E-state index in [0.717, 1.165) is 45.3 Å². The minimum atomic E-state index is -1.14. The number of rotatable bonds is 23. The third-order valence-electron chi connectivity index (χ3n) is 8.27. The number of nitrogens with one attached hydrogen (secondary N) is 1. The van der Waals surface area contributed by atoms with Gasteiger partial charge in [-0.15, -0.1) is 0 Å². The van der Waals surface area contributed by atoms with E-state index in [4.69, 9.17) is 24.4 Å². The molecular formula is C39H70N2O12. The van der Waals surface area contributed by atoms with E-state index in [0.29, 0.717) is 31.7 Å². The lowest BCUT2D eigenvalue weighted by atomic mass is 10.0. The summed E-state index contributed by atoms with van der Waals surface area (Å²) in [5, 5.41) is 46.3. The van der Waals surface area contributed by atoms with E-state index in [1.807, 2.05) is 39.0 Å². The number of para-hydroxylation sites is 1. The summed E-state index contributed by atoms with van der Waals surface area (Å²) in [4.78, 5) is 35.4. The van der Waals surface area contributed by atoms with Crippen LogP contribution < -0.4 is 10.4 Å². The van der Waals surface area contributed by atoms with Crippen molar-refractivity contribution in [2.75, 3.05) is 57.9 Å². The van der Waals surface area contributed by atoms with Gasteiger partial charge in [0, 0.05) is 19.6 Å². The van der Waals surface area contributed by atoms with Gasteiger partial charge in [-0.05, 0) is 38.8 Å². The lowest BCUT2D eigenvalue weighted by Crippen LogP contribution is -2.41. The first-order valence-electron chi connectivity index (χ1n) is 19.5. The first kappa shape index (κ1) is 50.3. The summed E-state index contributed by atoms with van der Waals surface area (Å²) in [7, 11) is 0. The Bertz CT molecular complexity index is 1030. The number of carbonyl (C=O) groups excluding carboxylic acids is 3. The number of carbonyl (C=O) groups is 3. The highest BCUT2D eigenvalue weighted by Gasteiger charge is 2.40. The number of ether oxygens (including phenoxy) is 4. The molecule has 2 heterocycles. The molecule has 2 aliphatic rings. The Hall–Kier alpha value is -2.69. The molecule has 1 aromatic carbocycles. The molecule has 5 atom stereocenters. The standard InChI is InChI=1S/C18H34O6.C13H16N2O2.C4H10O3.C4H10O/c1-2-3-4-5-6-7-8-9-10-11-16(21)23-13-15(20)18-17(22)14(19)12-24-18;1-2-3-9-11-12(16)14-15(13(11)17)10-7-5-4-6-8-10;5-1-3-7-4-2-6;1-3-5-4-2/h14-15,17-20,22H,2-13H2,1H3;4-8,11H,2-3,9H2,1H3,(H,14,16);5-6H,1-4H2;3-4H2,1-2H3/t14-,15+,17+,18+;;;/m0.../s1. The molecule has 0 bridgehead atoms. The lowest BCUT2D eigenvalue weighted by Gasteiger charge is -2.20. The smallest absolute Gasteiger partial charge is 0.305 e. The number of hydrazine groups is 1. The highest BCUT2D eigenvalue weighted by molar-refractivity contribution is 6.14. The van der Waals surface area contributed by atoms with Gasteiger partial charge in [-0.3, -0.25) is 19.8 Å². The van der Waals surface area contributed by atoms with Gasteiger partial charge >= 0.3 is 5.97 Å². The van der Waals surface area contributed by atoms with Gasteiger partial charge in [-0.25, -0.2) is 5.01 Å². The molecule has 0 saturated carbocycles. The zero-order valence-electron chi connectivity index (χ0n) is 32.7. The SMILES string of the molecule is CCCCC1C(=O)NN(c2ccccc2)C1=O.CCCCCCCCCCCC(=O)OC[C@@H](O)[C@H]1OC[C@H](O)[C@H]1O.CCOCC.OCCOCCO. The van der Waals surface area contributed by atoms with Crippen molar-refractivity contribution in [3.63, 3.8) is 0 Å². The second-order valence-electron chi connectivity index (χ2n) is 12.7. The van der Waals surface area contributed by atoms with Crippen molar-refractivity contribution in [2.45, 2.75) is 136 Å². The zero-order valence-corrected chi connectivity index (χ0v) is 32.7. The summed E-state index contributed by atoms with van der Waals surface area (Å²) in [5.74, 6) is -1.19. The minimum absolute atomic E-state index is 0.0186. The third-order valence-corrected chi connectivity index (χ3v) is 8.27. The van der Waals surface area contributed by atoms with Crippen LogP contribution in [0, 0.1) is 5.92 Å². The maximum absolute atomic E-state index is 12.1. The van der Waals surface area contributed by atoms with E-state index in [2.05, 4.69) is 17.1 Å². The molecule has 14 heteroatoms. The molecule has 2 saturated heterocycles. The van der Waals surface area contributed by atoms with Crippen LogP contribution in [-0.4, -0.2) is 121 Å². The molecule has 0 radical (unpaired) electrons. The maximum atomic E-state index is 12.1. The predicted molar refractivity (Wildman–Crippen MR) is 203 cm³/mol. The summed E-state index contributed by atoms with van der Waals surface area (Å²) in [6, 6.07) is 9.17. The maximum Gasteiger partial charge on any atom is 0.305 e. The second-order valence-corrected chi connectivity index (χ2v) is 12.7. The molecule has 0 aliphatic carbocycles. The number of esters is 1. The second kappa shape index (κ2) is 33.8. The van der Waals surface area contributed by atoms with E-state index in [9.17, 15) is 29.7 Å². The fourth-order valence-corrected chi connectivity index (χ4v) is 5.27. The van der Waals surface area contributed by atoms with E-state index < -0.39 is 30.3 Å². The van der Waals surface area contributed by atoms with E-state index in [-0.39, 0.29) is 44.2 Å². The van der Waals surface area contributed by atoms with Crippen LogP contribution in [0.15, 0.2) is 30.3 Å². The summed E-state index contributed by atoms with van der Waals surface area (Å²) in [6.07, 6.45) is 9.35. The molecule has 6 N–H and O–H groups in total. The van der Waals surface area contributed by atoms with Crippen molar-refractivity contribution in [1.82, 2.24) is 5.43 Å². The number of benzene rings is 1. The fourth-order valence-electron chi connectivity index (χ4n) is 5.27. The van der Waals surface area contributed by atoms with E-state index in [1.54, 1.807) is 12.1 Å². The molecule has 1 unspecified atom stereocenters. The molecule has 308 valence electrons. The largest absolute Gasteiger partial charge is 0.463 e. The Kier molecular flexibility index (Phi) is 32.1. The number of hydrogen-bond acceptors (Lipinski definition) is 12. The first-order valence-corrected chi connectivity index (χ1v) is 19.5. The Balaban J connectivity index is 0.000000802. The summed E-state index contributed by atoms with van der Waals surface area (Å²) in [5.41, 5.74) is 3.34. The molecule has 53 heavy (non-hydrogen) atoms. The van der Waals surface area contributed by atoms with Gasteiger partial charge < -0.3 is 44.5 Å². The van der Waals surface area contributed by atoms with Gasteiger partial charge in [0.15, 0.2) is 0 Å². The Morgan fingerprint density at radius 2 is 1.42 bits per heavy atom. The average molecular weight is 759 g/mol. The fraction of sp³-hybridized carbons (Fsp3) is 0.769. The van der Waals surface area contributed by atoms with Crippen molar-refractivity contribution in [1.29, 1.82) is 0 Å². The van der Waals surface area contributed by atoms with Crippen molar-refractivity contribution in [3.05, 3.63) is 30.3 Å². The Morgan fingerprint density at radius 1 is 0.849 bits per heavy atom. The molecule has 1 aromatic rings. The highest BCUT2D eigenvalue weighted by atomic mass is 16.6. The predicted octanol–water partition coefficient (Wildman–Crippen LogP) is 3.83. The Labute approximate surface area is 317 Å². The summed E-state index contributed by atoms with van der Waals surface area (Å²) < 4.78 is 19.6. The zero-order chi connectivity index (χ0) is 39.7. The minimum Gasteiger partial charge on any atom is -0.463 e. The van der Waals surface area contributed by atoms with Crippen LogP contribution in [0.3, 0.4) is 0 Å². The van der Waals surface area contributed by atoms with Crippen LogP contribution in [0.2, 0.25) is 0 Å². The van der Waals surface area contributed by atoms with E-state index >= 15 is 0 Å². The van der Waals surface area contributed by atoms with Gasteiger partial charge in [0.2, 0.25) is 0 Å². The van der Waals surface area contributed by atoms with Gasteiger partial charge in [-0.1, -0.05) is 96.3 Å². The van der Waals surface area contributed by atoms with Crippen molar-refractivity contribution in [3.8, 4) is 0 Å². The molecule has 14 nitrogen and oxygen atoms in total. The third kappa shape index (κ3) is 23.7. The van der Waals surface area contributed by atoms with Crippen LogP contribution in [-0.2, 0) is 33.3 Å². The number of amides is 2. The van der Waals surface area contributed by atoms with Crippen LogP contribution >= 0.6 is 0 Å². The number of nitrogens with zero attached hydrogens (tertiary/aromatic N) is 1. The lowest BCUT2D eigenvalue weighted by molar-refractivity contribution is -0.151. The normalized spacial score (nSPS) is 19.6. The van der Waals surface area contributed by atoms with Crippen molar-refractivity contribution < 1.29 is 58.9 Å². The van der Waals surface area contributed by atoms with Crippen LogP contribution in [0.5, 0.6) is 0 Å². The molecular weight excluding hydrogens is 688 g/mol. The van der Waals surface area contributed by atoms with Crippen LogP contribution in [0.4, 0.5) is 5.69 Å². The van der Waals surface area contributed by atoms with Crippen LogP contribution in [0.1, 0.15) is 111 Å². The van der Waals surface area contributed by atoms with E-state index in [1.165, 1.54) is 43.5 Å². The van der Waals surface area contributed by atoms with Crippen molar-refractivity contribution in [2.24, 2.45) is 5.92 Å². The summed E-state index contributed by atoms with van der Waals surface area (Å²) in [6.45, 7) is 10.4. The van der Waals surface area contributed by atoms with Gasteiger partial charge in [-0.2, -0.15) is 0 Å². The molecule has 2 amide bonds. The number of aliphatic hydroxyl groups excluding tert-OH is 5. The Morgan fingerprint density at radius 3 is 1.91 bits per heavy atom.